The third-order valence-corrected chi connectivity index (χ3v) is 8.50. The van der Waals surface area contributed by atoms with Crippen LogP contribution in [0.15, 0.2) is 71.2 Å². The second kappa shape index (κ2) is 10.9. The zero-order valence-corrected chi connectivity index (χ0v) is 23.7. The minimum atomic E-state index is -3.02. The topological polar surface area (TPSA) is 197 Å². The number of aliphatic hydroxyl groups excluding tert-OH is 2. The number of likely N-dealkylation sites (N-methyl/N-ethyl adjacent to an activating group) is 1. The molecule has 0 radical (unpaired) electrons. The maximum Gasteiger partial charge on any atom is 0.305 e. The van der Waals surface area contributed by atoms with Gasteiger partial charge in [0.2, 0.25) is 5.78 Å². The Morgan fingerprint density at radius 1 is 1.02 bits per heavy atom. The summed E-state index contributed by atoms with van der Waals surface area (Å²) in [7, 11) is 2.97. The lowest BCUT2D eigenvalue weighted by molar-refractivity contribution is -0.181. The molecule has 0 aromatic heterocycles. The van der Waals surface area contributed by atoms with E-state index in [2.05, 4.69) is 0 Å². The van der Waals surface area contributed by atoms with Crippen molar-refractivity contribution in [1.82, 2.24) is 4.90 Å². The molecule has 3 aliphatic carbocycles. The molecule has 0 aliphatic heterocycles. The number of esters is 1. The first-order chi connectivity index (χ1) is 20.4. The summed E-state index contributed by atoms with van der Waals surface area (Å²) in [5.74, 6) is -9.99. The standard InChI is InChI=1S/C31H32N2O10/c1-4-18(35)43-27-20-16(13-42-14-9-6-5-7-10-14)15-11-8-12-17(34)19(15)25(36)21(20)28(38)31(41)23(27)24(33(2)3)26(37)22(29(31)39)30(32)40/h5-12,16,20,23-24,27,34,37-38,41H,4,13H2,1-3H3,(H2,32,40)/t16-,20-,23-,24+,27+,31+/m1/s1. The molecule has 0 saturated heterocycles. The Balaban J connectivity index is 1.82. The number of ether oxygens (including phenoxy) is 2. The number of aromatic hydroxyl groups is 1. The number of Topliss-reactive ketones (excluding diaryl/α,β-unsaturated/α-hetero) is 2. The molecule has 0 saturated carbocycles. The molecule has 6 atom stereocenters. The second-order valence-corrected chi connectivity index (χ2v) is 11.1. The van der Waals surface area contributed by atoms with Crippen molar-refractivity contribution in [3.05, 3.63) is 82.3 Å². The van der Waals surface area contributed by atoms with Gasteiger partial charge in [0.05, 0.1) is 24.1 Å². The van der Waals surface area contributed by atoms with Gasteiger partial charge in [-0.1, -0.05) is 37.3 Å². The molecule has 12 heteroatoms. The molecule has 0 fully saturated rings. The van der Waals surface area contributed by atoms with Crippen molar-refractivity contribution in [2.75, 3.05) is 20.7 Å². The van der Waals surface area contributed by atoms with Gasteiger partial charge in [-0.25, -0.2) is 0 Å². The van der Waals surface area contributed by atoms with Gasteiger partial charge in [-0.3, -0.25) is 24.1 Å². The Morgan fingerprint density at radius 3 is 2.30 bits per heavy atom. The smallest absolute Gasteiger partial charge is 0.305 e. The molecule has 0 spiro atoms. The van der Waals surface area contributed by atoms with Crippen LogP contribution < -0.4 is 10.5 Å². The Morgan fingerprint density at radius 2 is 1.70 bits per heavy atom. The van der Waals surface area contributed by atoms with Crippen molar-refractivity contribution >= 4 is 23.4 Å². The lowest BCUT2D eigenvalue weighted by atomic mass is 9.55. The number of carbonyl (C=O) groups excluding carboxylic acids is 4. The van der Waals surface area contributed by atoms with E-state index in [4.69, 9.17) is 15.2 Å². The van der Waals surface area contributed by atoms with Gasteiger partial charge < -0.3 is 35.6 Å². The quantitative estimate of drug-likeness (QED) is 0.232. The van der Waals surface area contributed by atoms with Crippen LogP contribution in [-0.2, 0) is 19.1 Å². The number of carbonyl (C=O) groups is 4. The first-order valence-electron chi connectivity index (χ1n) is 13.7. The van der Waals surface area contributed by atoms with E-state index in [1.165, 1.54) is 38.1 Å². The van der Waals surface area contributed by atoms with Crippen LogP contribution in [-0.4, -0.2) is 87.2 Å². The normalized spacial score (nSPS) is 28.3. The number of hydrogen-bond donors (Lipinski definition) is 5. The predicted molar refractivity (Wildman–Crippen MR) is 150 cm³/mol. The van der Waals surface area contributed by atoms with Gasteiger partial charge in [0.1, 0.15) is 34.7 Å². The van der Waals surface area contributed by atoms with Crippen LogP contribution in [0.2, 0.25) is 0 Å². The van der Waals surface area contributed by atoms with Gasteiger partial charge in [-0.15, -0.1) is 0 Å². The fraction of sp³-hybridized carbons (Fsp3) is 0.355. The molecule has 12 nitrogen and oxygen atoms in total. The van der Waals surface area contributed by atoms with Gasteiger partial charge in [0, 0.05) is 23.8 Å². The molecule has 2 aromatic carbocycles. The maximum atomic E-state index is 14.1. The van der Waals surface area contributed by atoms with Crippen LogP contribution in [0.25, 0.3) is 0 Å². The number of phenols is 1. The van der Waals surface area contributed by atoms with E-state index < -0.39 is 87.4 Å². The van der Waals surface area contributed by atoms with Gasteiger partial charge >= 0.3 is 5.97 Å². The van der Waals surface area contributed by atoms with E-state index in [1.54, 1.807) is 36.4 Å². The fourth-order valence-electron chi connectivity index (χ4n) is 6.65. The zero-order valence-electron chi connectivity index (χ0n) is 23.7. The van der Waals surface area contributed by atoms with Crippen molar-refractivity contribution in [1.29, 1.82) is 0 Å². The Hall–Kier alpha value is -4.68. The predicted octanol–water partition coefficient (Wildman–Crippen LogP) is 1.67. The van der Waals surface area contributed by atoms with Crippen LogP contribution in [0.4, 0.5) is 0 Å². The van der Waals surface area contributed by atoms with Crippen LogP contribution >= 0.6 is 0 Å². The molecule has 0 bridgehead atoms. The number of para-hydroxylation sites is 1. The summed E-state index contributed by atoms with van der Waals surface area (Å²) in [6, 6.07) is 11.7. The molecule has 2 aromatic rings. The summed E-state index contributed by atoms with van der Waals surface area (Å²) < 4.78 is 12.0. The molecule has 6 N–H and O–H groups in total. The number of amides is 1. The van der Waals surface area contributed by atoms with Crippen molar-refractivity contribution in [2.45, 2.75) is 37.0 Å². The summed E-state index contributed by atoms with van der Waals surface area (Å²) in [6.45, 7) is 1.38. The van der Waals surface area contributed by atoms with Crippen molar-refractivity contribution in [3.63, 3.8) is 0 Å². The lowest BCUT2D eigenvalue weighted by Crippen LogP contribution is -2.69. The molecular weight excluding hydrogens is 560 g/mol. The molecule has 43 heavy (non-hydrogen) atoms. The van der Waals surface area contributed by atoms with E-state index in [9.17, 15) is 39.6 Å². The Labute approximate surface area is 246 Å². The highest BCUT2D eigenvalue weighted by Gasteiger charge is 2.69. The number of fused-ring (bicyclic) bond motifs is 3. The maximum absolute atomic E-state index is 14.1. The van der Waals surface area contributed by atoms with Crippen LogP contribution in [0, 0.1) is 11.8 Å². The number of primary amides is 1. The largest absolute Gasteiger partial charge is 0.510 e. The fourth-order valence-corrected chi connectivity index (χ4v) is 6.65. The number of phenolic OH excluding ortho intramolecular Hbond substituents is 1. The summed E-state index contributed by atoms with van der Waals surface area (Å²) in [6.07, 6.45) is -1.63. The molecular formula is C31H32N2O10. The van der Waals surface area contributed by atoms with Crippen molar-refractivity contribution in [2.24, 2.45) is 17.6 Å². The summed E-state index contributed by atoms with van der Waals surface area (Å²) >= 11 is 0. The average Bonchev–Trinajstić information content (AvgIpc) is 2.96. The van der Waals surface area contributed by atoms with E-state index >= 15 is 0 Å². The van der Waals surface area contributed by atoms with Crippen molar-refractivity contribution < 1.29 is 49.1 Å². The number of nitrogens with zero attached hydrogens (tertiary/aromatic N) is 1. The highest BCUT2D eigenvalue weighted by Crippen LogP contribution is 2.56. The van der Waals surface area contributed by atoms with E-state index in [-0.39, 0.29) is 18.6 Å². The highest BCUT2D eigenvalue weighted by molar-refractivity contribution is 6.25. The number of hydrogen-bond acceptors (Lipinski definition) is 11. The van der Waals surface area contributed by atoms with Crippen LogP contribution in [0.1, 0.15) is 35.2 Å². The summed E-state index contributed by atoms with van der Waals surface area (Å²) in [5, 5.41) is 45.9. The lowest BCUT2D eigenvalue weighted by Gasteiger charge is -2.54. The Kier molecular flexibility index (Phi) is 7.53. The third-order valence-electron chi connectivity index (χ3n) is 8.50. The van der Waals surface area contributed by atoms with E-state index in [1.807, 2.05) is 0 Å². The highest BCUT2D eigenvalue weighted by atomic mass is 16.5. The minimum Gasteiger partial charge on any atom is -0.510 e. The molecule has 1 amide bonds. The van der Waals surface area contributed by atoms with E-state index in [0.717, 1.165) is 0 Å². The molecule has 5 rings (SSSR count). The molecule has 0 heterocycles. The van der Waals surface area contributed by atoms with E-state index in [0.29, 0.717) is 11.3 Å². The molecule has 226 valence electrons. The summed E-state index contributed by atoms with van der Waals surface area (Å²) in [5.41, 5.74) is 1.10. The first kappa shape index (κ1) is 29.8. The summed E-state index contributed by atoms with van der Waals surface area (Å²) in [4.78, 5) is 54.5. The Bertz CT molecular complexity index is 1580. The van der Waals surface area contributed by atoms with Gasteiger partial charge in [0.15, 0.2) is 11.4 Å². The van der Waals surface area contributed by atoms with Crippen LogP contribution in [0.5, 0.6) is 11.5 Å². The second-order valence-electron chi connectivity index (χ2n) is 11.1. The van der Waals surface area contributed by atoms with Crippen LogP contribution in [0.3, 0.4) is 0 Å². The van der Waals surface area contributed by atoms with Gasteiger partial charge in [-0.05, 0) is 37.9 Å². The number of aliphatic hydroxyl groups is 3. The van der Waals surface area contributed by atoms with Crippen molar-refractivity contribution in [3.8, 4) is 11.5 Å². The molecule has 3 aliphatic rings. The number of rotatable bonds is 7. The number of nitrogens with two attached hydrogens (primary N) is 1. The van der Waals surface area contributed by atoms with Gasteiger partial charge in [0.25, 0.3) is 5.91 Å². The third kappa shape index (κ3) is 4.45. The zero-order chi connectivity index (χ0) is 31.4. The first-order valence-corrected chi connectivity index (χ1v) is 13.7. The average molecular weight is 593 g/mol. The molecule has 0 unspecified atom stereocenters. The SMILES string of the molecule is CCC(=O)O[C@H]1[C@H]2C(=C(O)[C@]3(O)C(=O)C(C(N)=O)=C(O)[C@@H](N(C)C)[C@H]13)C(=O)c1c(O)cccc1[C@H]2COc1ccccc1. The number of ketones is 2. The van der Waals surface area contributed by atoms with Gasteiger partial charge in [-0.2, -0.15) is 0 Å². The minimum absolute atomic E-state index is 0.120. The monoisotopic (exact) mass is 592 g/mol. The number of benzene rings is 2.